The summed E-state index contributed by atoms with van der Waals surface area (Å²) in [4.78, 5) is 0. The number of hydrogen-bond donors (Lipinski definition) is 0. The highest BCUT2D eigenvalue weighted by Gasteiger charge is 2.45. The van der Waals surface area contributed by atoms with E-state index in [1.54, 1.807) is 0 Å². The molecule has 40 heavy (non-hydrogen) atoms. The minimum atomic E-state index is -0.451. The van der Waals surface area contributed by atoms with Crippen molar-refractivity contribution in [1.29, 1.82) is 0 Å². The van der Waals surface area contributed by atoms with E-state index in [1.165, 1.54) is 60.9 Å². The van der Waals surface area contributed by atoms with Crippen LogP contribution in [-0.2, 0) is 16.2 Å². The molecule has 1 heteroatoms. The van der Waals surface area contributed by atoms with E-state index in [0.29, 0.717) is 0 Å². The number of nitrogens with zero attached hydrogens (tertiary/aromatic N) is 1. The Kier molecular flexibility index (Phi) is 5.26. The summed E-state index contributed by atoms with van der Waals surface area (Å²) in [6.07, 6.45) is 0. The molecule has 1 nitrogen and oxygen atoms in total. The normalized spacial score (nSPS) is 14.4. The first-order valence-electron chi connectivity index (χ1n) is 14.5. The monoisotopic (exact) mass is 519 g/mol. The van der Waals surface area contributed by atoms with Gasteiger partial charge in [0.1, 0.15) is 0 Å². The number of fused-ring (bicyclic) bond motifs is 5. The van der Waals surface area contributed by atoms with Crippen molar-refractivity contribution in [2.45, 2.75) is 57.8 Å². The first-order valence-corrected chi connectivity index (χ1v) is 14.5. The lowest BCUT2D eigenvalue weighted by Crippen LogP contribution is -2.35. The standard InChI is InChI=1S/C39H37N/c1-37(2,3)26-18-22-28(23-19-26)39(29-24-20-27(21-25-29)38(4,5)6)32-14-8-10-17-35(32)40-34-16-9-7-12-30(34)31-13-11-15-33(39)36(31)40/h7-25H,1-6H3. The van der Waals surface area contributed by atoms with E-state index in [2.05, 4.69) is 161 Å². The maximum Gasteiger partial charge on any atom is 0.0742 e. The van der Waals surface area contributed by atoms with Crippen molar-refractivity contribution in [2.75, 3.05) is 0 Å². The molecular formula is C39H37N. The molecule has 0 atom stereocenters. The maximum atomic E-state index is 2.50. The van der Waals surface area contributed by atoms with E-state index in [4.69, 9.17) is 0 Å². The molecule has 0 bridgehead atoms. The molecule has 0 spiro atoms. The summed E-state index contributed by atoms with van der Waals surface area (Å²) < 4.78 is 2.50. The molecule has 0 amide bonds. The quantitative estimate of drug-likeness (QED) is 0.214. The van der Waals surface area contributed by atoms with Gasteiger partial charge in [-0.1, -0.05) is 145 Å². The van der Waals surface area contributed by atoms with E-state index in [9.17, 15) is 0 Å². The Labute approximate surface area is 238 Å². The van der Waals surface area contributed by atoms with Gasteiger partial charge in [0.15, 0.2) is 0 Å². The van der Waals surface area contributed by atoms with Crippen LogP contribution in [0.2, 0.25) is 0 Å². The minimum absolute atomic E-state index is 0.0942. The number of para-hydroxylation sites is 3. The van der Waals surface area contributed by atoms with Crippen LogP contribution >= 0.6 is 0 Å². The molecule has 0 N–H and O–H groups in total. The third-order valence-electron chi connectivity index (χ3n) is 9.02. The Bertz CT molecular complexity index is 1830. The summed E-state index contributed by atoms with van der Waals surface area (Å²) in [6, 6.07) is 43.7. The van der Waals surface area contributed by atoms with Crippen LogP contribution in [0.25, 0.3) is 27.5 Å². The zero-order valence-electron chi connectivity index (χ0n) is 24.4. The molecule has 0 aliphatic carbocycles. The second-order valence-corrected chi connectivity index (χ2v) is 13.5. The molecule has 2 heterocycles. The van der Waals surface area contributed by atoms with Crippen LogP contribution in [0.3, 0.4) is 0 Å². The van der Waals surface area contributed by atoms with Crippen LogP contribution in [-0.4, -0.2) is 4.57 Å². The van der Waals surface area contributed by atoms with Crippen molar-refractivity contribution in [2.24, 2.45) is 0 Å². The summed E-state index contributed by atoms with van der Waals surface area (Å²) in [6.45, 7) is 13.7. The Morgan fingerprint density at radius 1 is 0.475 bits per heavy atom. The van der Waals surface area contributed by atoms with Gasteiger partial charge in [-0.25, -0.2) is 0 Å². The number of rotatable bonds is 2. The SMILES string of the molecule is CC(C)(C)c1ccc(C2(c3ccc(C(C)(C)C)cc3)c3ccccc3-n3c4ccccc4c4cccc2c43)cc1. The second kappa shape index (κ2) is 8.45. The fourth-order valence-electron chi connectivity index (χ4n) is 6.93. The van der Waals surface area contributed by atoms with Gasteiger partial charge in [-0.2, -0.15) is 0 Å². The smallest absolute Gasteiger partial charge is 0.0742 e. The fraction of sp³-hybridized carbons (Fsp3) is 0.231. The Hall–Kier alpha value is -4.10. The van der Waals surface area contributed by atoms with Gasteiger partial charge >= 0.3 is 0 Å². The fourth-order valence-corrected chi connectivity index (χ4v) is 6.93. The van der Waals surface area contributed by atoms with Gasteiger partial charge in [-0.15, -0.1) is 0 Å². The van der Waals surface area contributed by atoms with Crippen molar-refractivity contribution < 1.29 is 0 Å². The molecule has 6 aromatic rings. The predicted molar refractivity (Wildman–Crippen MR) is 170 cm³/mol. The van der Waals surface area contributed by atoms with Crippen molar-refractivity contribution in [3.05, 3.63) is 149 Å². The lowest BCUT2D eigenvalue weighted by atomic mass is 9.62. The van der Waals surface area contributed by atoms with Crippen molar-refractivity contribution in [1.82, 2.24) is 4.57 Å². The summed E-state index contributed by atoms with van der Waals surface area (Å²) in [5, 5.41) is 2.61. The predicted octanol–water partition coefficient (Wildman–Crippen LogP) is 10.1. The van der Waals surface area contributed by atoms with Crippen molar-refractivity contribution in [3.63, 3.8) is 0 Å². The van der Waals surface area contributed by atoms with Crippen LogP contribution < -0.4 is 0 Å². The Balaban J connectivity index is 1.66. The molecule has 1 aliphatic heterocycles. The summed E-state index contributed by atoms with van der Waals surface area (Å²) in [7, 11) is 0. The average molecular weight is 520 g/mol. The molecule has 5 aromatic carbocycles. The zero-order valence-corrected chi connectivity index (χ0v) is 24.4. The van der Waals surface area contributed by atoms with Crippen molar-refractivity contribution in [3.8, 4) is 5.69 Å². The molecule has 0 saturated heterocycles. The summed E-state index contributed by atoms with van der Waals surface area (Å²) >= 11 is 0. The van der Waals surface area contributed by atoms with Crippen LogP contribution in [0.5, 0.6) is 0 Å². The van der Waals surface area contributed by atoms with Crippen molar-refractivity contribution >= 4 is 21.8 Å². The van der Waals surface area contributed by atoms with Gasteiger partial charge in [0.25, 0.3) is 0 Å². The molecular weight excluding hydrogens is 482 g/mol. The summed E-state index contributed by atoms with van der Waals surface area (Å²) in [5.74, 6) is 0. The zero-order chi connectivity index (χ0) is 27.9. The van der Waals surface area contributed by atoms with E-state index < -0.39 is 5.41 Å². The molecule has 1 aliphatic rings. The first kappa shape index (κ1) is 24.9. The van der Waals surface area contributed by atoms with Crippen LogP contribution in [0.4, 0.5) is 0 Å². The van der Waals surface area contributed by atoms with Crippen LogP contribution in [0.1, 0.15) is 74.9 Å². The molecule has 7 rings (SSSR count). The molecule has 1 aromatic heterocycles. The van der Waals surface area contributed by atoms with E-state index >= 15 is 0 Å². The van der Waals surface area contributed by atoms with E-state index in [1.807, 2.05) is 0 Å². The molecule has 0 unspecified atom stereocenters. The highest BCUT2D eigenvalue weighted by molar-refractivity contribution is 6.12. The third kappa shape index (κ3) is 3.40. The Morgan fingerprint density at radius 2 is 0.975 bits per heavy atom. The Morgan fingerprint density at radius 3 is 1.57 bits per heavy atom. The second-order valence-electron chi connectivity index (χ2n) is 13.5. The lowest BCUT2D eigenvalue weighted by Gasteiger charge is -2.42. The van der Waals surface area contributed by atoms with Gasteiger partial charge in [0.05, 0.1) is 22.1 Å². The topological polar surface area (TPSA) is 4.93 Å². The first-order chi connectivity index (χ1) is 19.1. The van der Waals surface area contributed by atoms with Crippen LogP contribution in [0.15, 0.2) is 115 Å². The lowest BCUT2D eigenvalue weighted by molar-refractivity contribution is 0.588. The van der Waals surface area contributed by atoms with Gasteiger partial charge in [0, 0.05) is 10.8 Å². The van der Waals surface area contributed by atoms with Gasteiger partial charge in [0.2, 0.25) is 0 Å². The van der Waals surface area contributed by atoms with Crippen LogP contribution in [0, 0.1) is 0 Å². The highest BCUT2D eigenvalue weighted by atomic mass is 15.0. The largest absolute Gasteiger partial charge is 0.309 e. The number of hydrogen-bond acceptors (Lipinski definition) is 0. The highest BCUT2D eigenvalue weighted by Crippen LogP contribution is 2.54. The van der Waals surface area contributed by atoms with Gasteiger partial charge in [-0.3, -0.25) is 0 Å². The third-order valence-corrected chi connectivity index (χ3v) is 9.02. The maximum absolute atomic E-state index is 2.50. The van der Waals surface area contributed by atoms with Gasteiger partial charge < -0.3 is 4.57 Å². The van der Waals surface area contributed by atoms with E-state index in [0.717, 1.165) is 0 Å². The van der Waals surface area contributed by atoms with E-state index in [-0.39, 0.29) is 10.8 Å². The minimum Gasteiger partial charge on any atom is -0.309 e. The number of aromatic nitrogens is 1. The molecule has 0 fully saturated rings. The number of benzene rings is 5. The molecule has 198 valence electrons. The molecule has 0 radical (unpaired) electrons. The van der Waals surface area contributed by atoms with Gasteiger partial charge in [-0.05, 0) is 56.3 Å². The summed E-state index contributed by atoms with van der Waals surface area (Å²) in [5.41, 5.74) is 11.5. The average Bonchev–Trinajstić information content (AvgIpc) is 3.29. The molecule has 0 saturated carbocycles.